The van der Waals surface area contributed by atoms with E-state index in [1.807, 2.05) is 13.8 Å². The van der Waals surface area contributed by atoms with Crippen LogP contribution in [-0.2, 0) is 0 Å². The van der Waals surface area contributed by atoms with Gasteiger partial charge in [-0.1, -0.05) is 13.8 Å². The molecule has 2 rings (SSSR count). The highest BCUT2D eigenvalue weighted by atomic mass is 32.1. The minimum atomic E-state index is -1.12. The van der Waals surface area contributed by atoms with Crippen LogP contribution in [0.2, 0.25) is 0 Å². The molecule has 0 aliphatic heterocycles. The third-order valence-corrected chi connectivity index (χ3v) is 3.51. The second-order valence-electron chi connectivity index (χ2n) is 3.82. The van der Waals surface area contributed by atoms with Crippen LogP contribution in [0.5, 0.6) is 0 Å². The molecule has 0 aliphatic carbocycles. The molecule has 0 spiro atoms. The Morgan fingerprint density at radius 3 is 2.75 bits per heavy atom. The third kappa shape index (κ3) is 1.78. The Bertz CT molecular complexity index is 562. The van der Waals surface area contributed by atoms with E-state index in [0.717, 1.165) is 11.1 Å². The molecule has 0 saturated carbocycles. The molecule has 0 amide bonds. The van der Waals surface area contributed by atoms with Gasteiger partial charge < -0.3 is 5.11 Å². The van der Waals surface area contributed by atoms with Gasteiger partial charge in [-0.25, -0.2) is 14.2 Å². The van der Waals surface area contributed by atoms with Crippen LogP contribution in [0.15, 0.2) is 12.1 Å². The lowest BCUT2D eigenvalue weighted by atomic mass is 10.2. The van der Waals surface area contributed by atoms with Gasteiger partial charge in [0.2, 0.25) is 0 Å². The second kappa shape index (κ2) is 3.83. The van der Waals surface area contributed by atoms with E-state index in [1.165, 1.54) is 17.4 Å². The Labute approximate surface area is 95.6 Å². The highest BCUT2D eigenvalue weighted by Crippen LogP contribution is 2.29. The zero-order valence-electron chi connectivity index (χ0n) is 8.82. The minimum Gasteiger partial charge on any atom is -0.478 e. The highest BCUT2D eigenvalue weighted by molar-refractivity contribution is 7.18. The number of benzene rings is 1. The highest BCUT2D eigenvalue weighted by Gasteiger charge is 2.14. The first-order chi connectivity index (χ1) is 7.49. The van der Waals surface area contributed by atoms with Crippen molar-refractivity contribution >= 4 is 27.5 Å². The number of nitrogens with zero attached hydrogens (tertiary/aromatic N) is 1. The standard InChI is InChI=1S/C11H10FNO2S/c1-5(2)10-13-9-7(12)3-6(11(14)15)4-8(9)16-10/h3-5H,1-2H3,(H,14,15). The van der Waals surface area contributed by atoms with E-state index in [9.17, 15) is 9.18 Å². The van der Waals surface area contributed by atoms with Gasteiger partial charge in [0.25, 0.3) is 0 Å². The molecule has 1 aromatic heterocycles. The quantitative estimate of drug-likeness (QED) is 0.875. The Balaban J connectivity index is 2.68. The third-order valence-electron chi connectivity index (χ3n) is 2.21. The molecule has 0 saturated heterocycles. The zero-order valence-corrected chi connectivity index (χ0v) is 9.64. The minimum absolute atomic E-state index is 0.0380. The molecule has 16 heavy (non-hydrogen) atoms. The molecule has 1 heterocycles. The molecule has 0 fully saturated rings. The fourth-order valence-corrected chi connectivity index (χ4v) is 2.40. The number of carboxylic acids is 1. The van der Waals surface area contributed by atoms with Gasteiger partial charge in [0.05, 0.1) is 15.3 Å². The molecule has 0 bridgehead atoms. The number of aromatic nitrogens is 1. The Kier molecular flexibility index (Phi) is 2.63. The van der Waals surface area contributed by atoms with Crippen molar-refractivity contribution in [3.63, 3.8) is 0 Å². The molecule has 0 atom stereocenters. The molecular formula is C11H10FNO2S. The van der Waals surface area contributed by atoms with Crippen molar-refractivity contribution in [2.24, 2.45) is 0 Å². The van der Waals surface area contributed by atoms with Gasteiger partial charge in [0.1, 0.15) is 5.52 Å². The predicted octanol–water partition coefficient (Wildman–Crippen LogP) is 3.26. The van der Waals surface area contributed by atoms with Crippen LogP contribution in [0.25, 0.3) is 10.2 Å². The predicted molar refractivity (Wildman–Crippen MR) is 60.6 cm³/mol. The van der Waals surface area contributed by atoms with Crippen LogP contribution >= 0.6 is 11.3 Å². The molecule has 3 nitrogen and oxygen atoms in total. The van der Waals surface area contributed by atoms with Crippen LogP contribution in [0.1, 0.15) is 35.1 Å². The van der Waals surface area contributed by atoms with Gasteiger partial charge in [-0.15, -0.1) is 11.3 Å². The molecule has 0 aliphatic rings. The first-order valence-corrected chi connectivity index (χ1v) is 5.64. The van der Waals surface area contributed by atoms with E-state index in [0.29, 0.717) is 4.70 Å². The number of carboxylic acid groups (broad SMARTS) is 1. The fraction of sp³-hybridized carbons (Fsp3) is 0.273. The van der Waals surface area contributed by atoms with E-state index >= 15 is 0 Å². The number of hydrogen-bond acceptors (Lipinski definition) is 3. The summed E-state index contributed by atoms with van der Waals surface area (Å²) in [6.45, 7) is 3.93. The maximum absolute atomic E-state index is 13.6. The molecule has 0 unspecified atom stereocenters. The summed E-state index contributed by atoms with van der Waals surface area (Å²) in [6, 6.07) is 2.47. The molecule has 0 radical (unpaired) electrons. The van der Waals surface area contributed by atoms with E-state index in [1.54, 1.807) is 0 Å². The summed E-state index contributed by atoms with van der Waals surface area (Å²) in [6.07, 6.45) is 0. The molecule has 84 valence electrons. The summed E-state index contributed by atoms with van der Waals surface area (Å²) in [5, 5.41) is 9.62. The van der Waals surface area contributed by atoms with Crippen molar-refractivity contribution in [3.05, 3.63) is 28.5 Å². The van der Waals surface area contributed by atoms with Crippen LogP contribution in [0, 0.1) is 5.82 Å². The normalized spacial score (nSPS) is 11.2. The number of thiazole rings is 1. The number of hydrogen-bond donors (Lipinski definition) is 1. The van der Waals surface area contributed by atoms with Crippen LogP contribution < -0.4 is 0 Å². The van der Waals surface area contributed by atoms with E-state index in [2.05, 4.69) is 4.98 Å². The lowest BCUT2D eigenvalue weighted by Crippen LogP contribution is -1.96. The number of fused-ring (bicyclic) bond motifs is 1. The topological polar surface area (TPSA) is 50.2 Å². The van der Waals surface area contributed by atoms with Crippen molar-refractivity contribution in [1.29, 1.82) is 0 Å². The first-order valence-electron chi connectivity index (χ1n) is 4.82. The summed E-state index contributed by atoms with van der Waals surface area (Å²) in [4.78, 5) is 14.9. The van der Waals surface area contributed by atoms with Gasteiger partial charge in [0.15, 0.2) is 5.82 Å². The average Bonchev–Trinajstić information content (AvgIpc) is 2.61. The Morgan fingerprint density at radius 2 is 2.19 bits per heavy atom. The largest absolute Gasteiger partial charge is 0.478 e. The van der Waals surface area contributed by atoms with Gasteiger partial charge in [-0.05, 0) is 12.1 Å². The monoisotopic (exact) mass is 239 g/mol. The van der Waals surface area contributed by atoms with E-state index < -0.39 is 11.8 Å². The Hall–Kier alpha value is -1.49. The van der Waals surface area contributed by atoms with E-state index in [4.69, 9.17) is 5.11 Å². The van der Waals surface area contributed by atoms with Gasteiger partial charge in [-0.3, -0.25) is 0 Å². The second-order valence-corrected chi connectivity index (χ2v) is 4.88. The lowest BCUT2D eigenvalue weighted by Gasteiger charge is -1.95. The van der Waals surface area contributed by atoms with Crippen molar-refractivity contribution in [2.75, 3.05) is 0 Å². The average molecular weight is 239 g/mol. The number of aromatic carboxylic acids is 1. The molecular weight excluding hydrogens is 229 g/mol. The lowest BCUT2D eigenvalue weighted by molar-refractivity contribution is 0.0696. The summed E-state index contributed by atoms with van der Waals surface area (Å²) in [5.41, 5.74) is 0.225. The van der Waals surface area contributed by atoms with Crippen LogP contribution in [-0.4, -0.2) is 16.1 Å². The molecule has 1 aromatic carbocycles. The number of carbonyl (C=O) groups is 1. The van der Waals surface area contributed by atoms with Crippen molar-refractivity contribution in [2.45, 2.75) is 19.8 Å². The Morgan fingerprint density at radius 1 is 1.50 bits per heavy atom. The van der Waals surface area contributed by atoms with Gasteiger partial charge in [0, 0.05) is 5.92 Å². The first kappa shape index (κ1) is 11.0. The maximum Gasteiger partial charge on any atom is 0.335 e. The van der Waals surface area contributed by atoms with Crippen molar-refractivity contribution in [1.82, 2.24) is 4.98 Å². The number of rotatable bonds is 2. The summed E-state index contributed by atoms with van der Waals surface area (Å²) >= 11 is 1.34. The maximum atomic E-state index is 13.6. The SMILES string of the molecule is CC(C)c1nc2c(F)cc(C(=O)O)cc2s1. The summed E-state index contributed by atoms with van der Waals surface area (Å²) < 4.78 is 14.1. The molecule has 5 heteroatoms. The van der Waals surface area contributed by atoms with Gasteiger partial charge >= 0.3 is 5.97 Å². The van der Waals surface area contributed by atoms with E-state index in [-0.39, 0.29) is 17.0 Å². The van der Waals surface area contributed by atoms with Crippen molar-refractivity contribution in [3.8, 4) is 0 Å². The van der Waals surface area contributed by atoms with Crippen LogP contribution in [0.3, 0.4) is 0 Å². The zero-order chi connectivity index (χ0) is 11.9. The summed E-state index contributed by atoms with van der Waals surface area (Å²) in [7, 11) is 0. The smallest absolute Gasteiger partial charge is 0.335 e. The van der Waals surface area contributed by atoms with Gasteiger partial charge in [-0.2, -0.15) is 0 Å². The number of halogens is 1. The fourth-order valence-electron chi connectivity index (χ4n) is 1.38. The summed E-state index contributed by atoms with van der Waals surface area (Å²) in [5.74, 6) is -1.48. The van der Waals surface area contributed by atoms with Crippen molar-refractivity contribution < 1.29 is 14.3 Å². The molecule has 1 N–H and O–H groups in total. The molecule has 2 aromatic rings. The van der Waals surface area contributed by atoms with Crippen LogP contribution in [0.4, 0.5) is 4.39 Å².